The maximum atomic E-state index is 2.53. The number of nitrogens with zero attached hydrogens (tertiary/aromatic N) is 2. The van der Waals surface area contributed by atoms with Gasteiger partial charge in [-0.3, -0.25) is 0 Å². The minimum atomic E-state index is 0.524. The molecular weight excluding hydrogens is 316 g/mol. The van der Waals surface area contributed by atoms with Gasteiger partial charge in [-0.1, -0.05) is 74.5 Å². The SMILES string of the molecule is CCC[n+]1cc(CC(C)c2ccccc2)n(CC)c1Cc1ccccc1. The molecule has 3 rings (SSSR count). The molecule has 136 valence electrons. The first-order chi connectivity index (χ1) is 12.7. The molecule has 1 aromatic heterocycles. The largest absolute Gasteiger partial charge is 0.261 e. The van der Waals surface area contributed by atoms with Crippen molar-refractivity contribution in [2.24, 2.45) is 0 Å². The smallest absolute Gasteiger partial charge is 0.234 e. The minimum absolute atomic E-state index is 0.524. The Hall–Kier alpha value is -2.35. The first kappa shape index (κ1) is 18.4. The van der Waals surface area contributed by atoms with Crippen molar-refractivity contribution in [3.05, 3.63) is 89.5 Å². The Kier molecular flexibility index (Phi) is 6.27. The predicted octanol–water partition coefficient (Wildman–Crippen LogP) is 5.14. The van der Waals surface area contributed by atoms with E-state index in [1.54, 1.807) is 0 Å². The highest BCUT2D eigenvalue weighted by Crippen LogP contribution is 2.21. The van der Waals surface area contributed by atoms with E-state index in [4.69, 9.17) is 0 Å². The molecule has 0 bridgehead atoms. The van der Waals surface area contributed by atoms with Gasteiger partial charge in [-0.25, -0.2) is 9.13 Å². The van der Waals surface area contributed by atoms with Crippen LogP contribution in [0.15, 0.2) is 66.9 Å². The summed E-state index contributed by atoms with van der Waals surface area (Å²) in [7, 11) is 0. The lowest BCUT2D eigenvalue weighted by molar-refractivity contribution is -0.703. The van der Waals surface area contributed by atoms with Crippen LogP contribution in [0.25, 0.3) is 0 Å². The fourth-order valence-corrected chi connectivity index (χ4v) is 3.82. The number of hydrogen-bond acceptors (Lipinski definition) is 0. The standard InChI is InChI=1S/C24H31N2/c1-4-16-25-19-23(17-20(3)22-14-10-7-11-15-22)26(5-2)24(25)18-21-12-8-6-9-13-21/h6-15,19-20H,4-5,16-18H2,1-3H3/q+1. The Morgan fingerprint density at radius 3 is 2.19 bits per heavy atom. The van der Waals surface area contributed by atoms with Gasteiger partial charge in [0.15, 0.2) is 0 Å². The summed E-state index contributed by atoms with van der Waals surface area (Å²) in [6.45, 7) is 8.97. The van der Waals surface area contributed by atoms with Gasteiger partial charge >= 0.3 is 0 Å². The monoisotopic (exact) mass is 347 g/mol. The van der Waals surface area contributed by atoms with Crippen LogP contribution < -0.4 is 4.57 Å². The third-order valence-corrected chi connectivity index (χ3v) is 5.16. The van der Waals surface area contributed by atoms with Crippen LogP contribution in [0.4, 0.5) is 0 Å². The quantitative estimate of drug-likeness (QED) is 0.499. The number of benzene rings is 2. The summed E-state index contributed by atoms with van der Waals surface area (Å²) < 4.78 is 5.01. The van der Waals surface area contributed by atoms with Crippen LogP contribution in [0.5, 0.6) is 0 Å². The highest BCUT2D eigenvalue weighted by molar-refractivity contribution is 5.22. The number of rotatable bonds is 8. The average molecular weight is 348 g/mol. The summed E-state index contributed by atoms with van der Waals surface area (Å²) >= 11 is 0. The number of aromatic nitrogens is 2. The van der Waals surface area contributed by atoms with Gasteiger partial charge in [-0.2, -0.15) is 0 Å². The van der Waals surface area contributed by atoms with E-state index in [1.807, 2.05) is 0 Å². The molecule has 3 aromatic rings. The van der Waals surface area contributed by atoms with E-state index in [0.717, 1.165) is 32.4 Å². The summed E-state index contributed by atoms with van der Waals surface area (Å²) in [5.74, 6) is 1.95. The van der Waals surface area contributed by atoms with E-state index in [2.05, 4.69) is 96.8 Å². The highest BCUT2D eigenvalue weighted by Gasteiger charge is 2.23. The highest BCUT2D eigenvalue weighted by atomic mass is 15.2. The lowest BCUT2D eigenvalue weighted by Gasteiger charge is -2.11. The van der Waals surface area contributed by atoms with Crippen LogP contribution in [-0.4, -0.2) is 4.57 Å². The third-order valence-electron chi connectivity index (χ3n) is 5.16. The van der Waals surface area contributed by atoms with Crippen LogP contribution in [0.3, 0.4) is 0 Å². The van der Waals surface area contributed by atoms with Crippen LogP contribution >= 0.6 is 0 Å². The average Bonchev–Trinajstić information content (AvgIpc) is 2.99. The van der Waals surface area contributed by atoms with Crippen LogP contribution in [0, 0.1) is 0 Å². The molecule has 0 fully saturated rings. The normalized spacial score (nSPS) is 12.3. The number of aryl methyl sites for hydroxylation is 1. The first-order valence-corrected chi connectivity index (χ1v) is 9.92. The molecular formula is C24H31N2+. The zero-order valence-electron chi connectivity index (χ0n) is 16.4. The van der Waals surface area contributed by atoms with Crippen molar-refractivity contribution in [3.8, 4) is 0 Å². The van der Waals surface area contributed by atoms with Gasteiger partial charge in [0.1, 0.15) is 11.9 Å². The summed E-state index contributed by atoms with van der Waals surface area (Å²) in [4.78, 5) is 0. The lowest BCUT2D eigenvalue weighted by atomic mass is 9.96. The van der Waals surface area contributed by atoms with Gasteiger partial charge in [0, 0.05) is 6.42 Å². The van der Waals surface area contributed by atoms with E-state index < -0.39 is 0 Å². The van der Waals surface area contributed by atoms with Crippen LogP contribution in [0.2, 0.25) is 0 Å². The maximum absolute atomic E-state index is 2.53. The third kappa shape index (κ3) is 4.24. The Balaban J connectivity index is 1.91. The fraction of sp³-hybridized carbons (Fsp3) is 0.375. The number of hydrogen-bond donors (Lipinski definition) is 0. The van der Waals surface area contributed by atoms with E-state index in [9.17, 15) is 0 Å². The van der Waals surface area contributed by atoms with Crippen LogP contribution in [-0.2, 0) is 25.9 Å². The molecule has 0 aliphatic carbocycles. The van der Waals surface area contributed by atoms with Crippen molar-refractivity contribution < 1.29 is 4.57 Å². The second-order valence-corrected chi connectivity index (χ2v) is 7.15. The van der Waals surface area contributed by atoms with Gasteiger partial charge in [-0.15, -0.1) is 0 Å². The maximum Gasteiger partial charge on any atom is 0.261 e. The molecule has 0 spiro atoms. The van der Waals surface area contributed by atoms with Gasteiger partial charge in [0.05, 0.1) is 19.5 Å². The Bertz CT molecular complexity index is 803. The van der Waals surface area contributed by atoms with Crippen molar-refractivity contribution >= 4 is 0 Å². The van der Waals surface area contributed by atoms with E-state index in [0.29, 0.717) is 5.92 Å². The zero-order chi connectivity index (χ0) is 18.4. The van der Waals surface area contributed by atoms with E-state index in [-0.39, 0.29) is 0 Å². The molecule has 1 unspecified atom stereocenters. The fourth-order valence-electron chi connectivity index (χ4n) is 3.82. The van der Waals surface area contributed by atoms with Gasteiger partial charge in [0.25, 0.3) is 5.82 Å². The summed E-state index contributed by atoms with van der Waals surface area (Å²) in [5, 5.41) is 0. The first-order valence-electron chi connectivity index (χ1n) is 9.92. The molecule has 0 aliphatic rings. The second-order valence-electron chi connectivity index (χ2n) is 7.15. The predicted molar refractivity (Wildman–Crippen MR) is 108 cm³/mol. The summed E-state index contributed by atoms with van der Waals surface area (Å²) in [6.07, 6.45) is 5.63. The molecule has 1 atom stereocenters. The molecule has 0 saturated heterocycles. The molecule has 0 amide bonds. The molecule has 0 radical (unpaired) electrons. The van der Waals surface area contributed by atoms with Crippen LogP contribution in [0.1, 0.15) is 55.8 Å². The summed E-state index contributed by atoms with van der Waals surface area (Å²) in [6, 6.07) is 21.7. The second kappa shape index (κ2) is 8.84. The van der Waals surface area contributed by atoms with Crippen molar-refractivity contribution in [2.75, 3.05) is 0 Å². The molecule has 0 saturated carbocycles. The number of imidazole rings is 1. The van der Waals surface area contributed by atoms with Gasteiger partial charge in [0.2, 0.25) is 0 Å². The molecule has 0 N–H and O–H groups in total. The minimum Gasteiger partial charge on any atom is -0.234 e. The van der Waals surface area contributed by atoms with Crippen molar-refractivity contribution in [1.29, 1.82) is 0 Å². The topological polar surface area (TPSA) is 8.81 Å². The lowest BCUT2D eigenvalue weighted by Crippen LogP contribution is -2.37. The van der Waals surface area contributed by atoms with E-state index in [1.165, 1.54) is 22.6 Å². The molecule has 2 heteroatoms. The molecule has 26 heavy (non-hydrogen) atoms. The Morgan fingerprint density at radius 1 is 0.923 bits per heavy atom. The van der Waals surface area contributed by atoms with Gasteiger partial charge in [-0.05, 0) is 30.4 Å². The zero-order valence-corrected chi connectivity index (χ0v) is 16.4. The molecule has 1 heterocycles. The molecule has 2 nitrogen and oxygen atoms in total. The van der Waals surface area contributed by atoms with Gasteiger partial charge < -0.3 is 0 Å². The van der Waals surface area contributed by atoms with Crippen molar-refractivity contribution in [3.63, 3.8) is 0 Å². The van der Waals surface area contributed by atoms with Crippen molar-refractivity contribution in [2.45, 2.75) is 59.0 Å². The van der Waals surface area contributed by atoms with E-state index >= 15 is 0 Å². The Morgan fingerprint density at radius 2 is 1.58 bits per heavy atom. The van der Waals surface area contributed by atoms with Crippen molar-refractivity contribution in [1.82, 2.24) is 4.57 Å². The summed E-state index contributed by atoms with van der Waals surface area (Å²) in [5.41, 5.74) is 4.25. The Labute approximate surface area is 158 Å². The molecule has 0 aliphatic heterocycles. The molecule has 2 aromatic carbocycles.